The molecular weight excluding hydrogens is 371 g/mol. The first kappa shape index (κ1) is 14.9. The summed E-state index contributed by atoms with van der Waals surface area (Å²) in [5.74, 6) is 0.852. The van der Waals surface area contributed by atoms with Gasteiger partial charge < -0.3 is 4.57 Å². The van der Waals surface area contributed by atoms with Crippen molar-refractivity contribution in [1.82, 2.24) is 9.55 Å². The zero-order valence-electron chi connectivity index (χ0n) is 11.4. The number of nitrogens with zero attached hydrogens (tertiary/aromatic N) is 2. The molecule has 21 heavy (non-hydrogen) atoms. The number of aromatic nitrogens is 2. The molecule has 0 N–H and O–H groups in total. The molecule has 1 unspecified atom stereocenters. The summed E-state index contributed by atoms with van der Waals surface area (Å²) in [7, 11) is 0. The van der Waals surface area contributed by atoms with Crippen LogP contribution in [-0.4, -0.2) is 9.55 Å². The van der Waals surface area contributed by atoms with Crippen LogP contribution in [-0.2, 0) is 6.54 Å². The van der Waals surface area contributed by atoms with Crippen LogP contribution in [0.2, 0.25) is 5.02 Å². The number of hydrogen-bond donors (Lipinski definition) is 0. The van der Waals surface area contributed by atoms with Crippen LogP contribution in [0.3, 0.4) is 0 Å². The van der Waals surface area contributed by atoms with Gasteiger partial charge in [0.25, 0.3) is 0 Å². The molecule has 0 amide bonds. The first-order valence-corrected chi connectivity index (χ1v) is 8.20. The quantitative estimate of drug-likeness (QED) is 0.522. The predicted octanol–water partition coefficient (Wildman–Crippen LogP) is 5.80. The molecule has 0 bridgehead atoms. The molecule has 0 aliphatic rings. The third-order valence-electron chi connectivity index (χ3n) is 3.38. The molecule has 3 rings (SSSR count). The van der Waals surface area contributed by atoms with Crippen LogP contribution >= 0.6 is 39.1 Å². The van der Waals surface area contributed by atoms with Crippen LogP contribution in [0.15, 0.2) is 46.9 Å². The summed E-state index contributed by atoms with van der Waals surface area (Å²) in [6.45, 7) is 2.65. The second kappa shape index (κ2) is 5.99. The van der Waals surface area contributed by atoms with Gasteiger partial charge >= 0.3 is 0 Å². The molecule has 0 saturated carbocycles. The van der Waals surface area contributed by atoms with Crippen molar-refractivity contribution < 1.29 is 0 Å². The Morgan fingerprint density at radius 1 is 1.24 bits per heavy atom. The predicted molar refractivity (Wildman–Crippen MR) is 92.3 cm³/mol. The zero-order chi connectivity index (χ0) is 15.0. The Balaban J connectivity index is 2.16. The highest BCUT2D eigenvalue weighted by Gasteiger charge is 2.16. The van der Waals surface area contributed by atoms with Crippen molar-refractivity contribution in [3.63, 3.8) is 0 Å². The van der Waals surface area contributed by atoms with Gasteiger partial charge in [0.05, 0.1) is 23.0 Å². The molecule has 1 aromatic heterocycles. The number of benzene rings is 2. The van der Waals surface area contributed by atoms with Gasteiger partial charge in [-0.05, 0) is 36.8 Å². The number of fused-ring (bicyclic) bond motifs is 1. The Labute approximate surface area is 141 Å². The lowest BCUT2D eigenvalue weighted by molar-refractivity contribution is 0.740. The zero-order valence-corrected chi connectivity index (χ0v) is 14.5. The summed E-state index contributed by atoms with van der Waals surface area (Å²) < 4.78 is 3.22. The Kier molecular flexibility index (Phi) is 4.25. The standard InChI is InChI=1S/C16H13BrCl2N2/c1-10(18)16-20-14-8-12(19)6-7-15(14)21(16)9-11-4-2-3-5-13(11)17/h2-8,10H,9H2,1H3. The molecular formula is C16H13BrCl2N2. The van der Waals surface area contributed by atoms with Crippen molar-refractivity contribution in [2.45, 2.75) is 18.8 Å². The summed E-state index contributed by atoms with van der Waals surface area (Å²) >= 11 is 15.9. The van der Waals surface area contributed by atoms with E-state index in [0.717, 1.165) is 21.3 Å². The minimum atomic E-state index is -0.168. The van der Waals surface area contributed by atoms with Crippen LogP contribution in [0.25, 0.3) is 11.0 Å². The highest BCUT2D eigenvalue weighted by atomic mass is 79.9. The van der Waals surface area contributed by atoms with E-state index in [9.17, 15) is 0 Å². The Bertz CT molecular complexity index is 796. The van der Waals surface area contributed by atoms with Gasteiger partial charge in [-0.25, -0.2) is 4.98 Å². The molecule has 108 valence electrons. The topological polar surface area (TPSA) is 17.8 Å². The van der Waals surface area contributed by atoms with E-state index >= 15 is 0 Å². The number of rotatable bonds is 3. The molecule has 5 heteroatoms. The molecule has 0 aliphatic carbocycles. The van der Waals surface area contributed by atoms with Gasteiger partial charge in [-0.2, -0.15) is 0 Å². The fourth-order valence-corrected chi connectivity index (χ4v) is 3.13. The van der Waals surface area contributed by atoms with Crippen LogP contribution in [0.1, 0.15) is 23.7 Å². The second-order valence-electron chi connectivity index (χ2n) is 4.90. The smallest absolute Gasteiger partial charge is 0.128 e. The SMILES string of the molecule is CC(Cl)c1nc2cc(Cl)ccc2n1Cc1ccccc1Br. The molecule has 0 saturated heterocycles. The lowest BCUT2D eigenvalue weighted by Crippen LogP contribution is -2.06. The van der Waals surface area contributed by atoms with Crippen LogP contribution in [0.4, 0.5) is 0 Å². The maximum absolute atomic E-state index is 6.30. The van der Waals surface area contributed by atoms with Gasteiger partial charge in [-0.3, -0.25) is 0 Å². The van der Waals surface area contributed by atoms with Gasteiger partial charge in [0, 0.05) is 9.50 Å². The number of imidazole rings is 1. The third kappa shape index (κ3) is 2.96. The lowest BCUT2D eigenvalue weighted by Gasteiger charge is -2.12. The van der Waals surface area contributed by atoms with E-state index in [4.69, 9.17) is 23.2 Å². The molecule has 3 aromatic rings. The minimum Gasteiger partial charge on any atom is -0.322 e. The molecule has 1 atom stereocenters. The van der Waals surface area contributed by atoms with Crippen molar-refractivity contribution in [3.8, 4) is 0 Å². The summed E-state index contributed by atoms with van der Waals surface area (Å²) in [5, 5.41) is 0.514. The summed E-state index contributed by atoms with van der Waals surface area (Å²) in [4.78, 5) is 4.63. The highest BCUT2D eigenvalue weighted by molar-refractivity contribution is 9.10. The molecule has 2 aromatic carbocycles. The van der Waals surface area contributed by atoms with E-state index in [1.54, 1.807) is 0 Å². The second-order valence-corrected chi connectivity index (χ2v) is 6.84. The largest absolute Gasteiger partial charge is 0.322 e. The first-order valence-electron chi connectivity index (χ1n) is 6.59. The molecule has 0 fully saturated rings. The van der Waals surface area contributed by atoms with Crippen LogP contribution in [0.5, 0.6) is 0 Å². The van der Waals surface area contributed by atoms with Gasteiger partial charge in [0.15, 0.2) is 0 Å². The monoisotopic (exact) mass is 382 g/mol. The average molecular weight is 384 g/mol. The molecule has 0 radical (unpaired) electrons. The van der Waals surface area contributed by atoms with Gasteiger partial charge in [0.2, 0.25) is 0 Å². The van der Waals surface area contributed by atoms with E-state index < -0.39 is 0 Å². The van der Waals surface area contributed by atoms with E-state index in [2.05, 4.69) is 31.5 Å². The van der Waals surface area contributed by atoms with E-state index in [1.807, 2.05) is 43.3 Å². The first-order chi connectivity index (χ1) is 10.1. The highest BCUT2D eigenvalue weighted by Crippen LogP contribution is 2.28. The van der Waals surface area contributed by atoms with Gasteiger partial charge in [0.1, 0.15) is 5.82 Å². The fraction of sp³-hybridized carbons (Fsp3) is 0.188. The van der Waals surface area contributed by atoms with Gasteiger partial charge in [-0.15, -0.1) is 11.6 Å². The summed E-state index contributed by atoms with van der Waals surface area (Å²) in [5.41, 5.74) is 3.10. The Hall–Kier alpha value is -1.03. The Morgan fingerprint density at radius 3 is 2.71 bits per heavy atom. The summed E-state index contributed by atoms with van der Waals surface area (Å²) in [6, 6.07) is 13.9. The summed E-state index contributed by atoms with van der Waals surface area (Å²) in [6.07, 6.45) is 0. The van der Waals surface area contributed by atoms with E-state index in [0.29, 0.717) is 11.6 Å². The maximum Gasteiger partial charge on any atom is 0.128 e. The molecule has 0 spiro atoms. The fourth-order valence-electron chi connectivity index (χ4n) is 2.39. The van der Waals surface area contributed by atoms with Crippen LogP contribution < -0.4 is 0 Å². The Morgan fingerprint density at radius 2 is 2.00 bits per heavy atom. The minimum absolute atomic E-state index is 0.168. The third-order valence-corrected chi connectivity index (χ3v) is 4.59. The number of alkyl halides is 1. The molecule has 0 aliphatic heterocycles. The van der Waals surface area contributed by atoms with Crippen molar-refractivity contribution in [2.75, 3.05) is 0 Å². The average Bonchev–Trinajstić information content (AvgIpc) is 2.79. The number of halogens is 3. The van der Waals surface area contributed by atoms with Crippen molar-refractivity contribution in [2.24, 2.45) is 0 Å². The molecule has 2 nitrogen and oxygen atoms in total. The van der Waals surface area contributed by atoms with Crippen molar-refractivity contribution in [3.05, 3.63) is 63.3 Å². The van der Waals surface area contributed by atoms with Crippen molar-refractivity contribution in [1.29, 1.82) is 0 Å². The lowest BCUT2D eigenvalue weighted by atomic mass is 10.2. The number of hydrogen-bond acceptors (Lipinski definition) is 1. The maximum atomic E-state index is 6.30. The normalized spacial score (nSPS) is 12.8. The van der Waals surface area contributed by atoms with Crippen molar-refractivity contribution >= 4 is 50.2 Å². The van der Waals surface area contributed by atoms with Crippen LogP contribution in [0, 0.1) is 0 Å². The van der Waals surface area contributed by atoms with E-state index in [-0.39, 0.29) is 5.38 Å². The molecule has 1 heterocycles. The van der Waals surface area contributed by atoms with E-state index in [1.165, 1.54) is 5.56 Å². The van der Waals surface area contributed by atoms with Gasteiger partial charge in [-0.1, -0.05) is 45.7 Å².